The van der Waals surface area contributed by atoms with Crippen LogP contribution < -0.4 is 11.1 Å². The monoisotopic (exact) mass is 602 g/mol. The van der Waals surface area contributed by atoms with Gasteiger partial charge in [0, 0.05) is 22.6 Å². The minimum Gasteiger partial charge on any atom is -0.383 e. The van der Waals surface area contributed by atoms with Crippen molar-refractivity contribution >= 4 is 39.8 Å². The van der Waals surface area contributed by atoms with E-state index in [0.29, 0.717) is 44.3 Å². The molecule has 0 fully saturated rings. The topological polar surface area (TPSA) is 139 Å². The van der Waals surface area contributed by atoms with Gasteiger partial charge in [-0.3, -0.25) is 4.79 Å². The van der Waals surface area contributed by atoms with Gasteiger partial charge < -0.3 is 11.1 Å². The van der Waals surface area contributed by atoms with Crippen LogP contribution in [0.1, 0.15) is 76.8 Å². The Morgan fingerprint density at radius 3 is 2.40 bits per heavy atom. The Labute approximate surface area is 260 Å². The summed E-state index contributed by atoms with van der Waals surface area (Å²) in [6.45, 7) is 4.20. The molecule has 1 atom stereocenters. The van der Waals surface area contributed by atoms with Gasteiger partial charge in [0.25, 0.3) is 0 Å². The first kappa shape index (κ1) is 29.9. The lowest BCUT2D eigenvalue weighted by Gasteiger charge is -2.22. The molecule has 5 rings (SSSR count). The first-order chi connectivity index (χ1) is 20.8. The predicted octanol–water partition coefficient (Wildman–Crippen LogP) is 7.52. The lowest BCUT2D eigenvalue weighted by Crippen LogP contribution is -2.13. The number of thioether (sulfide) groups is 1. The number of fused-ring (bicyclic) bond motifs is 1. The van der Waals surface area contributed by atoms with E-state index in [1.54, 1.807) is 0 Å². The lowest BCUT2D eigenvalue weighted by atomic mass is 9.83. The van der Waals surface area contributed by atoms with Crippen LogP contribution in [0, 0.1) is 34.0 Å². The minimum atomic E-state index is -0.216. The normalized spacial score (nSPS) is 13.9. The Morgan fingerprint density at radius 1 is 1.05 bits per heavy atom. The van der Waals surface area contributed by atoms with Crippen LogP contribution in [0.5, 0.6) is 0 Å². The summed E-state index contributed by atoms with van der Waals surface area (Å²) >= 11 is 2.74. The fourth-order valence-electron chi connectivity index (χ4n) is 5.46. The molecule has 1 aliphatic carbocycles. The summed E-state index contributed by atoms with van der Waals surface area (Å²) in [7, 11) is 0. The molecule has 0 saturated heterocycles. The van der Waals surface area contributed by atoms with Crippen molar-refractivity contribution in [3.63, 3.8) is 0 Å². The maximum Gasteiger partial charge on any atom is 0.225 e. The average Bonchev–Trinajstić information content (AvgIpc) is 3.37. The molecular formula is C34H30N6OS2. The Hall–Kier alpha value is -4.62. The van der Waals surface area contributed by atoms with Crippen molar-refractivity contribution in [2.75, 3.05) is 16.8 Å². The van der Waals surface area contributed by atoms with Crippen LogP contribution in [-0.2, 0) is 17.6 Å². The van der Waals surface area contributed by atoms with E-state index in [-0.39, 0.29) is 29.3 Å². The first-order valence-corrected chi connectivity index (χ1v) is 15.9. The van der Waals surface area contributed by atoms with Crippen molar-refractivity contribution in [3.05, 3.63) is 92.9 Å². The molecule has 0 bridgehead atoms. The van der Waals surface area contributed by atoms with Gasteiger partial charge in [-0.25, -0.2) is 4.98 Å². The SMILES string of the molecule is CC(C)c1ccc(-c2c(C#N)c(N)nc(SCCC(=O)Nc3sc4c(c3C#N)CCC(c3ccccc3)C4)c2C#N)cc1. The molecule has 0 radical (unpaired) electrons. The molecule has 2 aromatic heterocycles. The van der Waals surface area contributed by atoms with Gasteiger partial charge in [-0.15, -0.1) is 23.1 Å². The zero-order chi connectivity index (χ0) is 30.5. The van der Waals surface area contributed by atoms with E-state index >= 15 is 0 Å². The largest absolute Gasteiger partial charge is 0.383 e. The van der Waals surface area contributed by atoms with Crippen molar-refractivity contribution in [2.24, 2.45) is 0 Å². The summed E-state index contributed by atoms with van der Waals surface area (Å²) in [6.07, 6.45) is 2.79. The van der Waals surface area contributed by atoms with E-state index in [2.05, 4.69) is 66.6 Å². The molecule has 214 valence electrons. The molecule has 4 aromatic rings. The Kier molecular flexibility index (Phi) is 9.12. The van der Waals surface area contributed by atoms with Gasteiger partial charge in [0.1, 0.15) is 39.6 Å². The van der Waals surface area contributed by atoms with Crippen molar-refractivity contribution in [1.29, 1.82) is 15.8 Å². The summed E-state index contributed by atoms with van der Waals surface area (Å²) in [5.74, 6) is 0.918. The molecule has 0 saturated carbocycles. The number of amides is 1. The van der Waals surface area contributed by atoms with E-state index in [4.69, 9.17) is 5.73 Å². The number of aromatic nitrogens is 1. The van der Waals surface area contributed by atoms with E-state index in [0.717, 1.165) is 35.3 Å². The molecule has 9 heteroatoms. The Morgan fingerprint density at radius 2 is 1.74 bits per heavy atom. The van der Waals surface area contributed by atoms with Crippen molar-refractivity contribution in [1.82, 2.24) is 4.98 Å². The van der Waals surface area contributed by atoms with E-state index in [1.807, 2.05) is 30.3 Å². The molecule has 7 nitrogen and oxygen atoms in total. The molecule has 1 amide bonds. The molecule has 1 unspecified atom stereocenters. The second-order valence-corrected chi connectivity index (χ2v) is 12.9. The number of nitrogens with zero attached hydrogens (tertiary/aromatic N) is 4. The van der Waals surface area contributed by atoms with Crippen LogP contribution in [-0.4, -0.2) is 16.6 Å². The van der Waals surface area contributed by atoms with Gasteiger partial charge in [-0.05, 0) is 53.4 Å². The van der Waals surface area contributed by atoms with E-state index < -0.39 is 0 Å². The van der Waals surface area contributed by atoms with Gasteiger partial charge in [0.15, 0.2) is 0 Å². The molecule has 2 aromatic carbocycles. The van der Waals surface area contributed by atoms with Crippen LogP contribution in [0.2, 0.25) is 0 Å². The average molecular weight is 603 g/mol. The predicted molar refractivity (Wildman–Crippen MR) is 172 cm³/mol. The lowest BCUT2D eigenvalue weighted by molar-refractivity contribution is -0.115. The second-order valence-electron chi connectivity index (χ2n) is 10.7. The summed E-state index contributed by atoms with van der Waals surface area (Å²) < 4.78 is 0. The molecule has 0 spiro atoms. The number of rotatable bonds is 8. The van der Waals surface area contributed by atoms with Gasteiger partial charge in [-0.1, -0.05) is 68.4 Å². The zero-order valence-corrected chi connectivity index (χ0v) is 25.6. The number of benzene rings is 2. The number of nitrogen functional groups attached to an aromatic ring is 1. The third-order valence-electron chi connectivity index (χ3n) is 7.75. The number of carbonyl (C=O) groups excluding carboxylic acids is 1. The summed E-state index contributed by atoms with van der Waals surface area (Å²) in [6, 6.07) is 24.8. The highest BCUT2D eigenvalue weighted by molar-refractivity contribution is 7.99. The highest BCUT2D eigenvalue weighted by Gasteiger charge is 2.27. The van der Waals surface area contributed by atoms with Gasteiger partial charge in [0.2, 0.25) is 5.91 Å². The minimum absolute atomic E-state index is 0.0491. The maximum atomic E-state index is 13.0. The number of anilines is 2. The fraction of sp³-hybridized carbons (Fsp3) is 0.265. The summed E-state index contributed by atoms with van der Waals surface area (Å²) in [4.78, 5) is 18.5. The van der Waals surface area contributed by atoms with Gasteiger partial charge in [0.05, 0.1) is 11.1 Å². The molecule has 1 aliphatic rings. The molecule has 0 aliphatic heterocycles. The number of pyridine rings is 1. The third kappa shape index (κ3) is 6.27. The molecule has 43 heavy (non-hydrogen) atoms. The number of thiophene rings is 1. The molecule has 3 N–H and O–H groups in total. The Bertz CT molecular complexity index is 1790. The first-order valence-electron chi connectivity index (χ1n) is 14.1. The highest BCUT2D eigenvalue weighted by Crippen LogP contribution is 2.42. The van der Waals surface area contributed by atoms with Crippen LogP contribution in [0.3, 0.4) is 0 Å². The maximum absolute atomic E-state index is 13.0. The fourth-order valence-corrected chi connectivity index (χ4v) is 7.69. The standard InChI is InChI=1S/C34H30N6OS2/c1-20(2)21-8-10-23(11-9-21)31-27(18-36)32(38)40-33(28(31)19-37)42-15-14-30(41)39-34-26(17-35)25-13-12-24(16-29(25)43-34)22-6-4-3-5-7-22/h3-11,20,24H,12-16H2,1-2H3,(H2,38,40)(H,39,41). The number of nitriles is 3. The van der Waals surface area contributed by atoms with Crippen LogP contribution >= 0.6 is 23.1 Å². The summed E-state index contributed by atoms with van der Waals surface area (Å²) in [5, 5.41) is 33.7. The van der Waals surface area contributed by atoms with Crippen LogP contribution in [0.15, 0.2) is 59.6 Å². The van der Waals surface area contributed by atoms with Gasteiger partial charge in [-0.2, -0.15) is 15.8 Å². The zero-order valence-electron chi connectivity index (χ0n) is 24.0. The molecule has 2 heterocycles. The smallest absolute Gasteiger partial charge is 0.225 e. The second kappa shape index (κ2) is 13.1. The van der Waals surface area contributed by atoms with Crippen molar-refractivity contribution in [3.8, 4) is 29.3 Å². The number of carbonyl (C=O) groups is 1. The number of hydrogen-bond acceptors (Lipinski definition) is 8. The van der Waals surface area contributed by atoms with Crippen LogP contribution in [0.4, 0.5) is 10.8 Å². The quantitative estimate of drug-likeness (QED) is 0.199. The summed E-state index contributed by atoms with van der Waals surface area (Å²) in [5.41, 5.74) is 11.8. The number of hydrogen-bond donors (Lipinski definition) is 2. The van der Waals surface area contributed by atoms with Gasteiger partial charge >= 0.3 is 0 Å². The Balaban J connectivity index is 1.30. The number of nitrogens with two attached hydrogens (primary N) is 1. The van der Waals surface area contributed by atoms with Crippen molar-refractivity contribution in [2.45, 2.75) is 56.4 Å². The highest BCUT2D eigenvalue weighted by atomic mass is 32.2. The van der Waals surface area contributed by atoms with Crippen molar-refractivity contribution < 1.29 is 4.79 Å². The molecular weight excluding hydrogens is 573 g/mol. The van der Waals surface area contributed by atoms with E-state index in [9.17, 15) is 20.6 Å². The number of nitrogens with one attached hydrogen (secondary N) is 1. The third-order valence-corrected chi connectivity index (χ3v) is 9.90. The van der Waals surface area contributed by atoms with Crippen LogP contribution in [0.25, 0.3) is 11.1 Å². The van der Waals surface area contributed by atoms with E-state index in [1.165, 1.54) is 28.7 Å².